The van der Waals surface area contributed by atoms with E-state index >= 15 is 0 Å². The van der Waals surface area contributed by atoms with Gasteiger partial charge in [-0.15, -0.1) is 0 Å². The average molecular weight is 330 g/mol. The number of aryl methyl sites for hydroxylation is 1. The van der Waals surface area contributed by atoms with E-state index in [0.29, 0.717) is 6.54 Å². The zero-order valence-corrected chi connectivity index (χ0v) is 12.9. The lowest BCUT2D eigenvalue weighted by atomic mass is 10.1. The summed E-state index contributed by atoms with van der Waals surface area (Å²) in [6.07, 6.45) is 0. The van der Waals surface area contributed by atoms with Crippen LogP contribution in [0, 0.1) is 0 Å². The number of aromatic nitrogens is 2. The minimum absolute atomic E-state index is 0.567. The molecule has 0 bridgehead atoms. The van der Waals surface area contributed by atoms with Crippen LogP contribution in [0.15, 0.2) is 46.9 Å². The Morgan fingerprint density at radius 3 is 2.55 bits per heavy atom. The number of rotatable bonds is 3. The van der Waals surface area contributed by atoms with E-state index in [4.69, 9.17) is 10.7 Å². The summed E-state index contributed by atoms with van der Waals surface area (Å²) in [5, 5.41) is 0. The normalized spacial score (nSPS) is 11.2. The molecule has 0 fully saturated rings. The first-order valence-corrected chi connectivity index (χ1v) is 7.47. The molecule has 0 aliphatic rings. The van der Waals surface area contributed by atoms with Gasteiger partial charge in [-0.05, 0) is 30.7 Å². The van der Waals surface area contributed by atoms with Gasteiger partial charge in [-0.3, -0.25) is 0 Å². The van der Waals surface area contributed by atoms with E-state index in [1.165, 1.54) is 0 Å². The molecule has 0 saturated carbocycles. The quantitative estimate of drug-likeness (QED) is 0.790. The molecule has 0 aliphatic heterocycles. The summed E-state index contributed by atoms with van der Waals surface area (Å²) in [4.78, 5) is 4.77. The number of nitrogens with zero attached hydrogens (tertiary/aromatic N) is 2. The van der Waals surface area contributed by atoms with Crippen molar-refractivity contribution in [3.05, 3.63) is 52.5 Å². The topological polar surface area (TPSA) is 43.8 Å². The van der Waals surface area contributed by atoms with Crippen LogP contribution in [0.4, 0.5) is 0 Å². The van der Waals surface area contributed by atoms with E-state index in [2.05, 4.69) is 69.9 Å². The Morgan fingerprint density at radius 1 is 1.15 bits per heavy atom. The molecular formula is C16H16BrN3. The van der Waals surface area contributed by atoms with Crippen molar-refractivity contribution in [1.82, 2.24) is 9.55 Å². The number of nitrogens with two attached hydrogens (primary N) is 1. The van der Waals surface area contributed by atoms with Crippen molar-refractivity contribution < 1.29 is 0 Å². The molecule has 102 valence electrons. The van der Waals surface area contributed by atoms with E-state index in [1.807, 2.05) is 0 Å². The van der Waals surface area contributed by atoms with Crippen LogP contribution in [0.3, 0.4) is 0 Å². The van der Waals surface area contributed by atoms with Gasteiger partial charge in [-0.2, -0.15) is 0 Å². The first-order valence-electron chi connectivity index (χ1n) is 6.68. The zero-order chi connectivity index (χ0) is 14.1. The minimum Gasteiger partial charge on any atom is -0.326 e. The maximum absolute atomic E-state index is 5.65. The maximum Gasteiger partial charge on any atom is 0.141 e. The molecule has 3 rings (SSSR count). The van der Waals surface area contributed by atoms with Crippen LogP contribution in [0.2, 0.25) is 0 Å². The standard InChI is InChI=1S/C16H16BrN3/c1-2-20-15-8-7-13(17)9-14(15)19-16(20)12-5-3-11(10-18)4-6-12/h3-9H,2,10,18H2,1H3. The van der Waals surface area contributed by atoms with Gasteiger partial charge >= 0.3 is 0 Å². The van der Waals surface area contributed by atoms with Gasteiger partial charge in [-0.1, -0.05) is 40.2 Å². The summed E-state index contributed by atoms with van der Waals surface area (Å²) in [6, 6.07) is 14.5. The Balaban J connectivity index is 2.18. The van der Waals surface area contributed by atoms with E-state index in [-0.39, 0.29) is 0 Å². The van der Waals surface area contributed by atoms with Crippen molar-refractivity contribution in [3.63, 3.8) is 0 Å². The van der Waals surface area contributed by atoms with Gasteiger partial charge in [0.25, 0.3) is 0 Å². The van der Waals surface area contributed by atoms with E-state index in [0.717, 1.165) is 39.0 Å². The highest BCUT2D eigenvalue weighted by Crippen LogP contribution is 2.27. The van der Waals surface area contributed by atoms with Crippen molar-refractivity contribution in [2.24, 2.45) is 5.73 Å². The van der Waals surface area contributed by atoms with Crippen molar-refractivity contribution in [2.75, 3.05) is 0 Å². The van der Waals surface area contributed by atoms with Crippen LogP contribution in [0.5, 0.6) is 0 Å². The third kappa shape index (κ3) is 2.25. The van der Waals surface area contributed by atoms with Gasteiger partial charge in [-0.25, -0.2) is 4.98 Å². The molecule has 20 heavy (non-hydrogen) atoms. The summed E-state index contributed by atoms with van der Waals surface area (Å²) < 4.78 is 3.29. The Hall–Kier alpha value is -1.65. The summed E-state index contributed by atoms with van der Waals surface area (Å²) in [5.74, 6) is 1.00. The third-order valence-electron chi connectivity index (χ3n) is 3.47. The van der Waals surface area contributed by atoms with Gasteiger partial charge in [0.1, 0.15) is 5.82 Å². The van der Waals surface area contributed by atoms with Crippen LogP contribution in [-0.4, -0.2) is 9.55 Å². The minimum atomic E-state index is 0.567. The van der Waals surface area contributed by atoms with E-state index in [1.54, 1.807) is 0 Å². The molecule has 3 nitrogen and oxygen atoms in total. The summed E-state index contributed by atoms with van der Waals surface area (Å²) in [7, 11) is 0. The van der Waals surface area contributed by atoms with E-state index < -0.39 is 0 Å². The molecule has 1 heterocycles. The van der Waals surface area contributed by atoms with Gasteiger partial charge < -0.3 is 10.3 Å². The number of benzene rings is 2. The molecule has 3 aromatic rings. The van der Waals surface area contributed by atoms with Gasteiger partial charge in [0.15, 0.2) is 0 Å². The predicted octanol–water partition coefficient (Wildman–Crippen LogP) is 3.94. The second-order valence-corrected chi connectivity index (χ2v) is 5.63. The summed E-state index contributed by atoms with van der Waals surface area (Å²) in [5.41, 5.74) is 10.1. The average Bonchev–Trinajstić information content (AvgIpc) is 2.84. The number of hydrogen-bond acceptors (Lipinski definition) is 2. The second kappa shape index (κ2) is 5.38. The van der Waals surface area contributed by atoms with Crippen molar-refractivity contribution in [2.45, 2.75) is 20.0 Å². The fourth-order valence-corrected chi connectivity index (χ4v) is 2.78. The molecule has 0 unspecified atom stereocenters. The number of fused-ring (bicyclic) bond motifs is 1. The fraction of sp³-hybridized carbons (Fsp3) is 0.188. The third-order valence-corrected chi connectivity index (χ3v) is 3.97. The lowest BCUT2D eigenvalue weighted by Crippen LogP contribution is -1.99. The molecule has 0 aliphatic carbocycles. The lowest BCUT2D eigenvalue weighted by molar-refractivity contribution is 0.796. The maximum atomic E-state index is 5.65. The largest absolute Gasteiger partial charge is 0.326 e. The van der Waals surface area contributed by atoms with Gasteiger partial charge in [0.05, 0.1) is 11.0 Å². The molecule has 0 amide bonds. The number of halogens is 1. The molecule has 0 saturated heterocycles. The van der Waals surface area contributed by atoms with Crippen molar-refractivity contribution in [1.29, 1.82) is 0 Å². The summed E-state index contributed by atoms with van der Waals surface area (Å²) in [6.45, 7) is 3.60. The monoisotopic (exact) mass is 329 g/mol. The Labute approximate surface area is 126 Å². The highest BCUT2D eigenvalue weighted by Gasteiger charge is 2.11. The Morgan fingerprint density at radius 2 is 1.90 bits per heavy atom. The number of imidazole rings is 1. The van der Waals surface area contributed by atoms with E-state index in [9.17, 15) is 0 Å². The Bertz CT molecular complexity index is 744. The SMILES string of the molecule is CCn1c(-c2ccc(CN)cc2)nc2cc(Br)ccc21. The molecule has 2 aromatic carbocycles. The van der Waals surface area contributed by atoms with Crippen LogP contribution >= 0.6 is 15.9 Å². The van der Waals surface area contributed by atoms with Crippen LogP contribution in [0.1, 0.15) is 12.5 Å². The predicted molar refractivity (Wildman–Crippen MR) is 86.4 cm³/mol. The highest BCUT2D eigenvalue weighted by atomic mass is 79.9. The zero-order valence-electron chi connectivity index (χ0n) is 11.3. The van der Waals surface area contributed by atoms with Crippen molar-refractivity contribution >= 4 is 27.0 Å². The first-order chi connectivity index (χ1) is 9.72. The van der Waals surface area contributed by atoms with Crippen LogP contribution in [0.25, 0.3) is 22.4 Å². The summed E-state index contributed by atoms with van der Waals surface area (Å²) >= 11 is 3.50. The molecule has 1 aromatic heterocycles. The van der Waals surface area contributed by atoms with Gasteiger partial charge in [0.2, 0.25) is 0 Å². The van der Waals surface area contributed by atoms with Gasteiger partial charge in [0, 0.05) is 23.1 Å². The molecular weight excluding hydrogens is 314 g/mol. The molecule has 0 radical (unpaired) electrons. The first kappa shape index (κ1) is 13.3. The fourth-order valence-electron chi connectivity index (χ4n) is 2.43. The van der Waals surface area contributed by atoms with Crippen LogP contribution in [-0.2, 0) is 13.1 Å². The highest BCUT2D eigenvalue weighted by molar-refractivity contribution is 9.10. The molecule has 4 heteroatoms. The van der Waals surface area contributed by atoms with Crippen molar-refractivity contribution in [3.8, 4) is 11.4 Å². The number of hydrogen-bond donors (Lipinski definition) is 1. The Kier molecular flexibility index (Phi) is 3.59. The molecule has 0 spiro atoms. The van der Waals surface area contributed by atoms with Crippen LogP contribution < -0.4 is 5.73 Å². The molecule has 0 atom stereocenters. The smallest absolute Gasteiger partial charge is 0.141 e. The lowest BCUT2D eigenvalue weighted by Gasteiger charge is -2.06. The second-order valence-electron chi connectivity index (χ2n) is 4.71. The molecule has 2 N–H and O–H groups in total.